The molecule has 1 unspecified atom stereocenters. The van der Waals surface area contributed by atoms with Crippen LogP contribution >= 0.6 is 0 Å². The Hall–Kier alpha value is -5.01. The van der Waals surface area contributed by atoms with E-state index in [-0.39, 0.29) is 29.6 Å². The largest absolute Gasteiger partial charge is 0.480 e. The molecular formula is C26H26F2N6O6. The van der Waals surface area contributed by atoms with Gasteiger partial charge in [-0.25, -0.2) is 18.4 Å². The molecule has 5 N–H and O–H groups in total. The van der Waals surface area contributed by atoms with Crippen molar-refractivity contribution in [3.05, 3.63) is 81.1 Å². The molecule has 210 valence electrons. The molecule has 1 aliphatic heterocycles. The van der Waals surface area contributed by atoms with Crippen molar-refractivity contribution < 1.29 is 33.0 Å². The van der Waals surface area contributed by atoms with Crippen molar-refractivity contribution in [3.8, 4) is 0 Å². The van der Waals surface area contributed by atoms with Crippen LogP contribution in [0.25, 0.3) is 10.9 Å². The van der Waals surface area contributed by atoms with Crippen molar-refractivity contribution in [2.24, 2.45) is 12.0 Å². The number of carbonyl (C=O) groups excluding carboxylic acids is 2. The lowest BCUT2D eigenvalue weighted by molar-refractivity contribution is -0.139. The topological polar surface area (TPSA) is 163 Å². The van der Waals surface area contributed by atoms with E-state index in [2.05, 4.69) is 26.3 Å². The first-order valence-corrected chi connectivity index (χ1v) is 12.2. The number of hydrogen-bond donors (Lipinski definition) is 5. The number of alkyl carbamates (subject to hydrolysis) is 1. The zero-order valence-electron chi connectivity index (χ0n) is 21.3. The Labute approximate surface area is 226 Å². The third-order valence-corrected chi connectivity index (χ3v) is 6.07. The lowest BCUT2D eigenvalue weighted by Crippen LogP contribution is -2.49. The summed E-state index contributed by atoms with van der Waals surface area (Å²) in [4.78, 5) is 53.6. The summed E-state index contributed by atoms with van der Waals surface area (Å²) in [6.07, 6.45) is 0.0390. The molecule has 4 rings (SSSR count). The number of hydrogen-bond acceptors (Lipinski definition) is 8. The smallest absolute Gasteiger partial charge is 0.408 e. The van der Waals surface area contributed by atoms with E-state index in [1.807, 2.05) is 0 Å². The maximum Gasteiger partial charge on any atom is 0.408 e. The number of aliphatic imine (C=N–C) groups is 1. The predicted octanol–water partition coefficient (Wildman–Crippen LogP) is 0.975. The van der Waals surface area contributed by atoms with Gasteiger partial charge in [0.1, 0.15) is 24.0 Å². The fraction of sp³-hybridized carbons (Fsp3) is 0.269. The van der Waals surface area contributed by atoms with E-state index in [1.165, 1.54) is 11.6 Å². The minimum atomic E-state index is -1.58. The second-order valence-corrected chi connectivity index (χ2v) is 8.85. The van der Waals surface area contributed by atoms with E-state index in [1.54, 1.807) is 30.3 Å². The molecule has 40 heavy (non-hydrogen) atoms. The summed E-state index contributed by atoms with van der Waals surface area (Å²) in [5.41, 5.74) is -1.27. The molecule has 0 bridgehead atoms. The van der Waals surface area contributed by atoms with Crippen molar-refractivity contribution >= 4 is 34.8 Å². The summed E-state index contributed by atoms with van der Waals surface area (Å²) in [5.74, 6) is -4.03. The van der Waals surface area contributed by atoms with Crippen LogP contribution in [0.5, 0.6) is 0 Å². The van der Waals surface area contributed by atoms with E-state index in [4.69, 9.17) is 4.74 Å². The molecule has 3 aromatic rings. The van der Waals surface area contributed by atoms with Crippen LogP contribution in [-0.2, 0) is 29.7 Å². The molecule has 1 aromatic heterocycles. The monoisotopic (exact) mass is 556 g/mol. The number of pyridine rings is 1. The highest BCUT2D eigenvalue weighted by Crippen LogP contribution is 2.22. The van der Waals surface area contributed by atoms with Crippen LogP contribution in [0.15, 0.2) is 52.4 Å². The molecule has 0 saturated carbocycles. The average Bonchev–Trinajstić information content (AvgIpc) is 3.45. The summed E-state index contributed by atoms with van der Waals surface area (Å²) in [5, 5.41) is 19.2. The highest BCUT2D eigenvalue weighted by Gasteiger charge is 2.25. The molecule has 0 fully saturated rings. The standard InChI is InChI=1S/C26H26F2N6O6/c1-34-12-17(22(35)15-9-18(27)16(20(28)21(15)34)10-32-25-29-7-8-30-25)23(36)31-11-19(24(37)38)33-26(39)40-13-14-5-3-2-4-6-14/h2-6,9,12,19H,7-8,10-11,13H2,1H3,(H,31,36)(H,33,39)(H,37,38)(H2,29,30,32). The molecule has 0 saturated heterocycles. The zero-order valence-corrected chi connectivity index (χ0v) is 21.3. The number of fused-ring (bicyclic) bond motifs is 1. The van der Waals surface area contributed by atoms with E-state index in [9.17, 15) is 28.7 Å². The number of halogens is 2. The summed E-state index contributed by atoms with van der Waals surface area (Å²) < 4.78 is 36.3. The van der Waals surface area contributed by atoms with Gasteiger partial charge in [0.15, 0.2) is 11.8 Å². The van der Waals surface area contributed by atoms with Crippen LogP contribution in [0, 0.1) is 11.6 Å². The molecule has 2 amide bonds. The first kappa shape index (κ1) is 28.0. The number of guanidine groups is 1. The van der Waals surface area contributed by atoms with Gasteiger partial charge in [-0.05, 0) is 11.6 Å². The molecule has 0 aliphatic carbocycles. The molecule has 2 heterocycles. The number of aromatic nitrogens is 1. The van der Waals surface area contributed by atoms with Crippen LogP contribution in [0.2, 0.25) is 0 Å². The Bertz CT molecular complexity index is 1540. The van der Waals surface area contributed by atoms with Crippen LogP contribution in [0.4, 0.5) is 13.6 Å². The molecular weight excluding hydrogens is 530 g/mol. The molecule has 0 radical (unpaired) electrons. The Morgan fingerprint density at radius 1 is 1.23 bits per heavy atom. The maximum absolute atomic E-state index is 15.3. The molecule has 1 aliphatic rings. The van der Waals surface area contributed by atoms with E-state index in [0.29, 0.717) is 24.6 Å². The highest BCUT2D eigenvalue weighted by atomic mass is 19.1. The van der Waals surface area contributed by atoms with Crippen LogP contribution < -0.4 is 26.7 Å². The number of nitrogens with one attached hydrogen (secondary N) is 4. The van der Waals surface area contributed by atoms with Crippen molar-refractivity contribution in [1.29, 1.82) is 0 Å². The number of carboxylic acids is 1. The Balaban J connectivity index is 1.46. The number of aryl methyl sites for hydroxylation is 1. The van der Waals surface area contributed by atoms with Gasteiger partial charge in [-0.3, -0.25) is 14.6 Å². The number of carboxylic acid groups (broad SMARTS) is 1. The minimum Gasteiger partial charge on any atom is -0.480 e. The molecule has 14 heteroatoms. The fourth-order valence-corrected chi connectivity index (χ4v) is 4.04. The van der Waals surface area contributed by atoms with Gasteiger partial charge in [-0.1, -0.05) is 30.3 Å². The van der Waals surface area contributed by atoms with Gasteiger partial charge >= 0.3 is 12.1 Å². The van der Waals surface area contributed by atoms with E-state index >= 15 is 4.39 Å². The van der Waals surface area contributed by atoms with E-state index < -0.39 is 53.2 Å². The average molecular weight is 557 g/mol. The summed E-state index contributed by atoms with van der Waals surface area (Å²) in [7, 11) is 1.38. The van der Waals surface area contributed by atoms with Gasteiger partial charge in [0, 0.05) is 38.4 Å². The second kappa shape index (κ2) is 12.2. The second-order valence-electron chi connectivity index (χ2n) is 8.85. The number of ether oxygens (including phenoxy) is 1. The number of nitrogens with zero attached hydrogens (tertiary/aromatic N) is 2. The van der Waals surface area contributed by atoms with Crippen molar-refractivity contribution in [2.45, 2.75) is 19.2 Å². The van der Waals surface area contributed by atoms with Gasteiger partial charge in [0.05, 0.1) is 17.4 Å². The Morgan fingerprint density at radius 3 is 2.65 bits per heavy atom. The SMILES string of the molecule is Cn1cc(C(=O)NCC(NC(=O)OCc2ccccc2)C(=O)O)c(=O)c2cc(F)c(CNC3=NCCN3)c(F)c21. The Morgan fingerprint density at radius 2 is 1.98 bits per heavy atom. The third-order valence-electron chi connectivity index (χ3n) is 6.07. The number of amides is 2. The van der Waals surface area contributed by atoms with Crippen molar-refractivity contribution in [1.82, 2.24) is 25.8 Å². The van der Waals surface area contributed by atoms with Gasteiger partial charge in [-0.2, -0.15) is 0 Å². The first-order valence-electron chi connectivity index (χ1n) is 12.2. The Kier molecular flexibility index (Phi) is 8.57. The predicted molar refractivity (Wildman–Crippen MR) is 140 cm³/mol. The van der Waals surface area contributed by atoms with E-state index in [0.717, 1.165) is 12.3 Å². The van der Waals surface area contributed by atoms with Gasteiger partial charge < -0.3 is 35.7 Å². The lowest BCUT2D eigenvalue weighted by atomic mass is 10.1. The lowest BCUT2D eigenvalue weighted by Gasteiger charge is -2.16. The zero-order chi connectivity index (χ0) is 28.8. The highest BCUT2D eigenvalue weighted by molar-refractivity contribution is 5.98. The molecule has 1 atom stereocenters. The van der Waals surface area contributed by atoms with Gasteiger partial charge in [0.25, 0.3) is 5.91 Å². The van der Waals surface area contributed by atoms with Crippen LogP contribution in [0.3, 0.4) is 0 Å². The maximum atomic E-state index is 15.3. The summed E-state index contributed by atoms with van der Waals surface area (Å²) in [6, 6.07) is 7.96. The van der Waals surface area contributed by atoms with Crippen molar-refractivity contribution in [2.75, 3.05) is 19.6 Å². The molecule has 12 nitrogen and oxygen atoms in total. The molecule has 0 spiro atoms. The summed E-state index contributed by atoms with van der Waals surface area (Å²) in [6.45, 7) is 0.210. The number of aliphatic carboxylic acids is 1. The summed E-state index contributed by atoms with van der Waals surface area (Å²) >= 11 is 0. The van der Waals surface area contributed by atoms with Crippen LogP contribution in [0.1, 0.15) is 21.5 Å². The van der Waals surface area contributed by atoms with Gasteiger partial charge in [0.2, 0.25) is 5.43 Å². The van der Waals surface area contributed by atoms with Crippen molar-refractivity contribution in [3.63, 3.8) is 0 Å². The minimum absolute atomic E-state index is 0.102. The third kappa shape index (κ3) is 6.34. The van der Waals surface area contributed by atoms with Gasteiger partial charge in [-0.15, -0.1) is 0 Å². The number of carbonyl (C=O) groups is 3. The quantitative estimate of drug-likeness (QED) is 0.260. The fourth-order valence-electron chi connectivity index (χ4n) is 4.04. The first-order chi connectivity index (χ1) is 19.2. The number of rotatable bonds is 9. The normalized spacial score (nSPS) is 13.2. The van der Waals surface area contributed by atoms with Crippen LogP contribution in [-0.4, -0.2) is 59.3 Å². The number of benzene rings is 2. The molecule has 2 aromatic carbocycles.